The van der Waals surface area contributed by atoms with Crippen molar-refractivity contribution in [3.05, 3.63) is 52.5 Å². The smallest absolute Gasteiger partial charge is 0.323 e. The summed E-state index contributed by atoms with van der Waals surface area (Å²) in [5.74, 6) is -0.176. The van der Waals surface area contributed by atoms with E-state index in [1.54, 1.807) is 11.1 Å². The number of aromatic amines is 2. The van der Waals surface area contributed by atoms with E-state index in [2.05, 4.69) is 15.0 Å². The molecule has 2 aromatic heterocycles. The number of hydrogen-bond acceptors (Lipinski definition) is 4. The van der Waals surface area contributed by atoms with Crippen molar-refractivity contribution in [2.45, 2.75) is 25.6 Å². The fourth-order valence-electron chi connectivity index (χ4n) is 2.56. The second-order valence-electron chi connectivity index (χ2n) is 5.30. The highest BCUT2D eigenvalue weighted by Crippen LogP contribution is 2.16. The number of pyridine rings is 1. The van der Waals surface area contributed by atoms with E-state index in [4.69, 9.17) is 4.74 Å². The summed E-state index contributed by atoms with van der Waals surface area (Å²) in [5.41, 5.74) is 0.791. The lowest BCUT2D eigenvalue weighted by atomic mass is 10.1. The highest BCUT2D eigenvalue weighted by Gasteiger charge is 2.25. The largest absolute Gasteiger partial charge is 0.370 e. The Morgan fingerprint density at radius 2 is 2.36 bits per heavy atom. The topological polar surface area (TPSA) is 91.1 Å². The molecule has 1 aliphatic rings. The van der Waals surface area contributed by atoms with Gasteiger partial charge in [-0.05, 0) is 25.0 Å². The number of nitrogens with zero attached hydrogens (tertiary/aromatic N) is 2. The van der Waals surface area contributed by atoms with Gasteiger partial charge in [-0.1, -0.05) is 6.07 Å². The Hall–Kier alpha value is -2.41. The molecule has 0 radical (unpaired) electrons. The Kier molecular flexibility index (Phi) is 4.34. The number of hydrogen-bond donors (Lipinski definition) is 2. The van der Waals surface area contributed by atoms with Gasteiger partial charge >= 0.3 is 5.69 Å². The number of aromatic nitrogens is 3. The maximum atomic E-state index is 12.3. The maximum Gasteiger partial charge on any atom is 0.323 e. The molecule has 22 heavy (non-hydrogen) atoms. The molecule has 0 aromatic carbocycles. The molecule has 7 nitrogen and oxygen atoms in total. The number of rotatable bonds is 4. The Labute approximate surface area is 127 Å². The molecule has 1 fully saturated rings. The van der Waals surface area contributed by atoms with Gasteiger partial charge in [-0.25, -0.2) is 4.79 Å². The van der Waals surface area contributed by atoms with E-state index in [0.29, 0.717) is 19.7 Å². The number of amides is 1. The van der Waals surface area contributed by atoms with E-state index in [1.807, 2.05) is 18.2 Å². The van der Waals surface area contributed by atoms with Crippen LogP contribution >= 0.6 is 0 Å². The van der Waals surface area contributed by atoms with Gasteiger partial charge in [0.2, 0.25) is 0 Å². The van der Waals surface area contributed by atoms with Crippen molar-refractivity contribution in [2.75, 3.05) is 13.1 Å². The molecule has 1 atom stereocenters. The molecule has 0 bridgehead atoms. The molecule has 3 rings (SSSR count). The van der Waals surface area contributed by atoms with Crippen LogP contribution in [0.15, 0.2) is 35.4 Å². The van der Waals surface area contributed by atoms with Crippen molar-refractivity contribution in [1.82, 2.24) is 19.9 Å². The van der Waals surface area contributed by atoms with Gasteiger partial charge in [-0.15, -0.1) is 0 Å². The zero-order valence-electron chi connectivity index (χ0n) is 12.1. The summed E-state index contributed by atoms with van der Waals surface area (Å²) in [7, 11) is 0. The first kappa shape index (κ1) is 14.5. The van der Waals surface area contributed by atoms with Gasteiger partial charge in [-0.2, -0.15) is 0 Å². The predicted molar refractivity (Wildman–Crippen MR) is 79.4 cm³/mol. The second-order valence-corrected chi connectivity index (χ2v) is 5.30. The van der Waals surface area contributed by atoms with Gasteiger partial charge in [0.15, 0.2) is 0 Å². The van der Waals surface area contributed by atoms with Crippen LogP contribution in [-0.4, -0.2) is 45.0 Å². The molecule has 1 amide bonds. The average Bonchev–Trinajstić information content (AvgIpc) is 3.00. The lowest BCUT2D eigenvalue weighted by Crippen LogP contribution is -2.43. The number of piperidine rings is 1. The number of carbonyl (C=O) groups excluding carboxylic acids is 1. The van der Waals surface area contributed by atoms with Gasteiger partial charge in [0.05, 0.1) is 18.4 Å². The summed E-state index contributed by atoms with van der Waals surface area (Å²) in [6, 6.07) is 5.70. The minimum absolute atomic E-state index is 0.00892. The highest BCUT2D eigenvalue weighted by molar-refractivity contribution is 5.92. The third kappa shape index (κ3) is 3.43. The van der Waals surface area contributed by atoms with Crippen molar-refractivity contribution in [2.24, 2.45) is 0 Å². The standard InChI is InChI=1S/C15H18N4O3/c20-14(13-8-17-15(21)18-13)19-7-3-5-12(9-19)22-10-11-4-1-2-6-16-11/h1-2,4,6,8,12H,3,5,7,9-10H2,(H2,17,18,21)/t12-/m0/s1. The Bertz CT molecular complexity index is 679. The summed E-state index contributed by atoms with van der Waals surface area (Å²) in [6.07, 6.45) is 4.93. The molecule has 7 heteroatoms. The molecule has 0 spiro atoms. The van der Waals surface area contributed by atoms with Crippen LogP contribution in [0.5, 0.6) is 0 Å². The van der Waals surface area contributed by atoms with Crippen molar-refractivity contribution < 1.29 is 9.53 Å². The monoisotopic (exact) mass is 302 g/mol. The van der Waals surface area contributed by atoms with E-state index in [0.717, 1.165) is 18.5 Å². The van der Waals surface area contributed by atoms with E-state index < -0.39 is 0 Å². The van der Waals surface area contributed by atoms with Crippen LogP contribution in [0.2, 0.25) is 0 Å². The molecule has 0 unspecified atom stereocenters. The Morgan fingerprint density at radius 3 is 3.09 bits per heavy atom. The molecule has 2 aromatic rings. The molecule has 1 saturated heterocycles. The van der Waals surface area contributed by atoms with E-state index in [1.165, 1.54) is 6.20 Å². The SMILES string of the molecule is O=C(c1c[nH]c(=O)[nH]1)N1CCC[C@H](OCc2ccccn2)C1. The number of carbonyl (C=O) groups is 1. The predicted octanol–water partition coefficient (Wildman–Crippen LogP) is 0.919. The second kappa shape index (κ2) is 6.57. The van der Waals surface area contributed by atoms with Crippen molar-refractivity contribution in [1.29, 1.82) is 0 Å². The molecular weight excluding hydrogens is 284 g/mol. The first-order valence-electron chi connectivity index (χ1n) is 7.31. The van der Waals surface area contributed by atoms with Crippen LogP contribution in [0.4, 0.5) is 0 Å². The zero-order valence-corrected chi connectivity index (χ0v) is 12.1. The number of likely N-dealkylation sites (tertiary alicyclic amines) is 1. The van der Waals surface area contributed by atoms with Crippen LogP contribution in [0.25, 0.3) is 0 Å². The van der Waals surface area contributed by atoms with Crippen LogP contribution < -0.4 is 5.69 Å². The third-order valence-electron chi connectivity index (χ3n) is 3.68. The average molecular weight is 302 g/mol. The summed E-state index contributed by atoms with van der Waals surface area (Å²) in [5, 5.41) is 0. The molecule has 1 aliphatic heterocycles. The summed E-state index contributed by atoms with van der Waals surface area (Å²) < 4.78 is 5.85. The van der Waals surface area contributed by atoms with Crippen LogP contribution in [0.1, 0.15) is 29.0 Å². The van der Waals surface area contributed by atoms with Gasteiger partial charge in [0, 0.05) is 25.5 Å². The first-order valence-corrected chi connectivity index (χ1v) is 7.31. The van der Waals surface area contributed by atoms with Crippen molar-refractivity contribution in [3.63, 3.8) is 0 Å². The Morgan fingerprint density at radius 1 is 1.45 bits per heavy atom. The number of ether oxygens (including phenoxy) is 1. The minimum atomic E-state index is -0.372. The summed E-state index contributed by atoms with van der Waals surface area (Å²) >= 11 is 0. The van der Waals surface area contributed by atoms with Gasteiger partial charge < -0.3 is 19.6 Å². The zero-order chi connectivity index (χ0) is 15.4. The van der Waals surface area contributed by atoms with Gasteiger partial charge in [-0.3, -0.25) is 9.78 Å². The van der Waals surface area contributed by atoms with E-state index in [9.17, 15) is 9.59 Å². The summed E-state index contributed by atoms with van der Waals surface area (Å²) in [6.45, 7) is 1.64. The first-order chi connectivity index (χ1) is 10.7. The highest BCUT2D eigenvalue weighted by atomic mass is 16.5. The van der Waals surface area contributed by atoms with Crippen molar-refractivity contribution >= 4 is 5.91 Å². The molecular formula is C15H18N4O3. The molecule has 116 valence electrons. The maximum absolute atomic E-state index is 12.3. The number of H-pyrrole nitrogens is 2. The van der Waals surface area contributed by atoms with E-state index in [-0.39, 0.29) is 23.4 Å². The van der Waals surface area contributed by atoms with Gasteiger partial charge in [0.25, 0.3) is 5.91 Å². The normalized spacial score (nSPS) is 18.4. The fraction of sp³-hybridized carbons (Fsp3) is 0.400. The number of imidazole rings is 1. The molecule has 2 N–H and O–H groups in total. The molecule has 0 aliphatic carbocycles. The third-order valence-corrected chi connectivity index (χ3v) is 3.68. The fourth-order valence-corrected chi connectivity index (χ4v) is 2.56. The van der Waals surface area contributed by atoms with Crippen LogP contribution in [-0.2, 0) is 11.3 Å². The minimum Gasteiger partial charge on any atom is -0.370 e. The van der Waals surface area contributed by atoms with Crippen LogP contribution in [0.3, 0.4) is 0 Å². The van der Waals surface area contributed by atoms with Crippen LogP contribution in [0, 0.1) is 0 Å². The lowest BCUT2D eigenvalue weighted by Gasteiger charge is -2.32. The number of nitrogens with one attached hydrogen (secondary N) is 2. The Balaban J connectivity index is 1.57. The summed E-state index contributed by atoms with van der Waals surface area (Å²) in [4.78, 5) is 34.3. The molecule has 0 saturated carbocycles. The van der Waals surface area contributed by atoms with Crippen molar-refractivity contribution in [3.8, 4) is 0 Å². The quantitative estimate of drug-likeness (QED) is 0.878. The van der Waals surface area contributed by atoms with E-state index >= 15 is 0 Å². The lowest BCUT2D eigenvalue weighted by molar-refractivity contribution is -0.00799. The molecule has 3 heterocycles. The van der Waals surface area contributed by atoms with Gasteiger partial charge in [0.1, 0.15) is 5.69 Å².